The average Bonchev–Trinajstić information content (AvgIpc) is 3.22. The van der Waals surface area contributed by atoms with E-state index in [9.17, 15) is 30.0 Å². The zero-order chi connectivity index (χ0) is 42.3. The van der Waals surface area contributed by atoms with Crippen LogP contribution in [-0.2, 0) is 32.3 Å². The van der Waals surface area contributed by atoms with Crippen molar-refractivity contribution in [3.05, 3.63) is 71.8 Å². The van der Waals surface area contributed by atoms with Crippen molar-refractivity contribution in [3.63, 3.8) is 0 Å². The van der Waals surface area contributed by atoms with E-state index in [1.54, 1.807) is 0 Å². The fraction of sp³-hybridized carbons (Fsp3) is 0.720. The zero-order valence-corrected chi connectivity index (χ0v) is 41.8. The van der Waals surface area contributed by atoms with Crippen molar-refractivity contribution in [2.24, 2.45) is 0 Å². The number of aliphatic hydroxyl groups excluding tert-OH is 2. The second-order valence-corrected chi connectivity index (χ2v) is 16.4. The molecule has 0 aromatic heterocycles. The molecule has 0 heterocycles. The van der Waals surface area contributed by atoms with Gasteiger partial charge in [0.05, 0.1) is 37.6 Å². The minimum absolute atomic E-state index is 0. The Kier molecular flexibility index (Phi) is 41.2. The first kappa shape index (κ1) is 57.8. The van der Waals surface area contributed by atoms with Gasteiger partial charge in [0.25, 0.3) is 0 Å². The molecule has 0 bridgehead atoms. The third-order valence-electron chi connectivity index (χ3n) is 10.9. The monoisotopic (exact) mass is 949 g/mol. The zero-order valence-electron chi connectivity index (χ0n) is 37.3. The van der Waals surface area contributed by atoms with Crippen molar-refractivity contribution < 1.29 is 39.5 Å². The summed E-state index contributed by atoms with van der Waals surface area (Å²) in [5, 5.41) is 40.1. The number of carbonyl (C=O) groups is 2. The Hall–Kier alpha value is -1.21. The maximum absolute atomic E-state index is 10.4. The number of benzene rings is 2. The molecule has 0 amide bonds. The van der Waals surface area contributed by atoms with Gasteiger partial charge in [0, 0.05) is 11.9 Å². The maximum Gasteiger partial charge on any atom is 2.00 e. The summed E-state index contributed by atoms with van der Waals surface area (Å²) in [6, 6.07) is 20.8. The molecule has 2 aromatic carbocycles. The summed E-state index contributed by atoms with van der Waals surface area (Å²) < 4.78 is 12.3. The summed E-state index contributed by atoms with van der Waals surface area (Å²) in [6.45, 7) is 5.88. The van der Waals surface area contributed by atoms with E-state index in [4.69, 9.17) is 9.47 Å². The third kappa shape index (κ3) is 38.2. The fourth-order valence-electron chi connectivity index (χ4n) is 7.33. The molecule has 0 aliphatic rings. The van der Waals surface area contributed by atoms with Crippen molar-refractivity contribution in [2.75, 3.05) is 0 Å². The Morgan fingerprint density at radius 3 is 1.03 bits per heavy atom. The summed E-state index contributed by atoms with van der Waals surface area (Å²) in [5.74, 6) is -2.15. The second-order valence-electron chi connectivity index (χ2n) is 16.4. The fourth-order valence-corrected chi connectivity index (χ4v) is 7.33. The number of aliphatic carboxylic acids is 2. The van der Waals surface area contributed by atoms with Gasteiger partial charge >= 0.3 is 48.9 Å². The van der Waals surface area contributed by atoms with Gasteiger partial charge in [-0.25, -0.2) is 0 Å². The number of carboxylic acid groups (broad SMARTS) is 2. The molecule has 4 atom stereocenters. The smallest absolute Gasteiger partial charge is 0.550 e. The van der Waals surface area contributed by atoms with E-state index >= 15 is 0 Å². The van der Waals surface area contributed by atoms with Crippen LogP contribution >= 0.6 is 0 Å². The number of carboxylic acids is 2. The Morgan fingerprint density at radius 2 is 0.746 bits per heavy atom. The SMILES string of the molecule is CCCC(CCCCCCCCCCC(O)CCC(=O)[O-])OCc1ccccc1.CCCC(CCCCCCCCCCC(O)CCC(=O)[O-])OCc1ccccc1.[Ba+2]. The first-order valence-electron chi connectivity index (χ1n) is 23.3. The average molecular weight is 949 g/mol. The number of unbranched alkanes of at least 4 members (excludes halogenated alkanes) is 14. The van der Waals surface area contributed by atoms with Crippen molar-refractivity contribution in [3.8, 4) is 0 Å². The number of aliphatic hydroxyl groups is 2. The summed E-state index contributed by atoms with van der Waals surface area (Å²) in [4.78, 5) is 20.7. The molecular formula is C50H82BaO8. The quantitative estimate of drug-likeness (QED) is 0.0501. The molecule has 2 N–H and O–H groups in total. The minimum Gasteiger partial charge on any atom is -0.550 e. The van der Waals surface area contributed by atoms with Crippen LogP contribution in [0.3, 0.4) is 0 Å². The topological polar surface area (TPSA) is 139 Å². The Labute approximate surface area is 400 Å². The van der Waals surface area contributed by atoms with Gasteiger partial charge in [-0.2, -0.15) is 0 Å². The van der Waals surface area contributed by atoms with Gasteiger partial charge < -0.3 is 39.5 Å². The number of hydrogen-bond acceptors (Lipinski definition) is 8. The molecule has 0 aliphatic carbocycles. The van der Waals surface area contributed by atoms with E-state index in [-0.39, 0.29) is 61.7 Å². The minimum atomic E-state index is -1.08. The molecule has 9 heteroatoms. The van der Waals surface area contributed by atoms with Crippen molar-refractivity contribution in [2.45, 2.75) is 231 Å². The van der Waals surface area contributed by atoms with Crippen LogP contribution in [0.2, 0.25) is 0 Å². The van der Waals surface area contributed by atoms with Gasteiger partial charge in [-0.3, -0.25) is 0 Å². The van der Waals surface area contributed by atoms with Gasteiger partial charge in [0.1, 0.15) is 0 Å². The van der Waals surface area contributed by atoms with Crippen molar-refractivity contribution in [1.29, 1.82) is 0 Å². The van der Waals surface area contributed by atoms with Crippen LogP contribution in [0.1, 0.15) is 205 Å². The number of hydrogen-bond donors (Lipinski definition) is 2. The van der Waals surface area contributed by atoms with Crippen LogP contribution in [0.5, 0.6) is 0 Å². The summed E-state index contributed by atoms with van der Waals surface area (Å²) in [5.41, 5.74) is 2.50. The molecule has 2 aromatic rings. The molecule has 0 fully saturated rings. The normalized spacial score (nSPS) is 13.1. The van der Waals surface area contributed by atoms with Crippen LogP contribution in [0.25, 0.3) is 0 Å². The molecule has 332 valence electrons. The Morgan fingerprint density at radius 1 is 0.458 bits per heavy atom. The van der Waals surface area contributed by atoms with Crippen LogP contribution < -0.4 is 10.2 Å². The van der Waals surface area contributed by atoms with Crippen LogP contribution in [0.4, 0.5) is 0 Å². The third-order valence-corrected chi connectivity index (χ3v) is 10.9. The molecule has 8 nitrogen and oxygen atoms in total. The number of ether oxygens (including phenoxy) is 2. The molecular weight excluding hydrogens is 866 g/mol. The molecule has 0 saturated heterocycles. The van der Waals surface area contributed by atoms with Gasteiger partial charge in [0.15, 0.2) is 0 Å². The van der Waals surface area contributed by atoms with Gasteiger partial charge in [-0.1, -0.05) is 190 Å². The second kappa shape index (κ2) is 42.1. The summed E-state index contributed by atoms with van der Waals surface area (Å²) >= 11 is 0. The predicted octanol–water partition coefficient (Wildman–Crippen LogP) is 9.95. The molecule has 59 heavy (non-hydrogen) atoms. The van der Waals surface area contributed by atoms with Crippen LogP contribution in [-0.4, -0.2) is 95.4 Å². The molecule has 0 saturated carbocycles. The summed E-state index contributed by atoms with van der Waals surface area (Å²) in [6.07, 6.45) is 27.9. The molecule has 2 rings (SSSR count). The molecule has 0 spiro atoms. The van der Waals surface area contributed by atoms with Gasteiger partial charge in [-0.15, -0.1) is 0 Å². The van der Waals surface area contributed by atoms with E-state index in [0.717, 1.165) is 51.4 Å². The van der Waals surface area contributed by atoms with E-state index in [2.05, 4.69) is 62.4 Å². The Balaban J connectivity index is 0.00000112. The van der Waals surface area contributed by atoms with Crippen LogP contribution in [0, 0.1) is 0 Å². The largest absolute Gasteiger partial charge is 2.00 e. The molecule has 0 radical (unpaired) electrons. The van der Waals surface area contributed by atoms with E-state index < -0.39 is 24.1 Å². The first-order chi connectivity index (χ1) is 28.2. The molecule has 4 unspecified atom stereocenters. The van der Waals surface area contributed by atoms with Crippen molar-refractivity contribution >= 4 is 60.8 Å². The van der Waals surface area contributed by atoms with E-state index in [1.165, 1.54) is 101 Å². The van der Waals surface area contributed by atoms with Crippen molar-refractivity contribution in [1.82, 2.24) is 0 Å². The van der Waals surface area contributed by atoms with E-state index in [0.29, 0.717) is 51.1 Å². The number of rotatable bonds is 38. The molecule has 0 aliphatic heterocycles. The Bertz CT molecular complexity index is 1110. The van der Waals surface area contributed by atoms with Gasteiger partial charge in [-0.05, 0) is 75.3 Å². The standard InChI is InChI=1S/2C25H42O4.Ba/c2*1-2-14-24(29-21-22-15-10-9-11-16-22)18-13-8-6-4-3-5-7-12-17-23(26)19-20-25(27)28;/h2*9-11,15-16,23-24,26H,2-8,12-14,17-21H2,1H3,(H,27,28);/q;;+2/p-2. The van der Waals surface area contributed by atoms with E-state index in [1.807, 2.05) is 12.1 Å². The predicted molar refractivity (Wildman–Crippen MR) is 238 cm³/mol. The first-order valence-corrected chi connectivity index (χ1v) is 23.3. The van der Waals surface area contributed by atoms with Crippen LogP contribution in [0.15, 0.2) is 60.7 Å². The summed E-state index contributed by atoms with van der Waals surface area (Å²) in [7, 11) is 0. The maximum atomic E-state index is 10.4. The number of carbonyl (C=O) groups excluding carboxylic acids is 2. The van der Waals surface area contributed by atoms with Gasteiger partial charge in [0.2, 0.25) is 0 Å².